The Morgan fingerprint density at radius 3 is 1.87 bits per heavy atom. The van der Waals surface area contributed by atoms with E-state index in [-0.39, 0.29) is 29.6 Å². The summed E-state index contributed by atoms with van der Waals surface area (Å²) in [5, 5.41) is 10.8. The van der Waals surface area contributed by atoms with Crippen LogP contribution in [-0.2, 0) is 33.9 Å². The van der Waals surface area contributed by atoms with Crippen LogP contribution in [0.1, 0.15) is 29.5 Å². The van der Waals surface area contributed by atoms with E-state index in [1.54, 1.807) is 38.6 Å². The van der Waals surface area contributed by atoms with E-state index in [4.69, 9.17) is 0 Å². The molecule has 2 bridgehead atoms. The zero-order valence-electron chi connectivity index (χ0n) is 26.7. The molecule has 0 radical (unpaired) electrons. The summed E-state index contributed by atoms with van der Waals surface area (Å²) in [5.74, 6) is -1.67. The van der Waals surface area contributed by atoms with Gasteiger partial charge in [0.1, 0.15) is 6.04 Å². The van der Waals surface area contributed by atoms with Crippen LogP contribution in [0.25, 0.3) is 0 Å². The van der Waals surface area contributed by atoms with Crippen LogP contribution in [0.4, 0.5) is 0 Å². The van der Waals surface area contributed by atoms with E-state index < -0.39 is 28.7 Å². The lowest BCUT2D eigenvalue weighted by Crippen LogP contribution is -2.57. The number of hydrogen-bond donors (Lipinski definition) is 1. The van der Waals surface area contributed by atoms with Gasteiger partial charge in [-0.2, -0.15) is 0 Å². The lowest BCUT2D eigenvalue weighted by molar-refractivity contribution is -0.147. The maximum absolute atomic E-state index is 14.9. The van der Waals surface area contributed by atoms with E-state index in [0.717, 1.165) is 23.1 Å². The molecule has 3 aromatic rings. The van der Waals surface area contributed by atoms with Crippen molar-refractivity contribution < 1.29 is 19.5 Å². The molecule has 1 spiro atoms. The quantitative estimate of drug-likeness (QED) is 0.246. The van der Waals surface area contributed by atoms with Gasteiger partial charge in [0.25, 0.3) is 0 Å². The number of rotatable bonds is 14. The van der Waals surface area contributed by atoms with Crippen LogP contribution < -0.4 is 0 Å². The number of hydrogen-bond acceptors (Lipinski definition) is 5. The van der Waals surface area contributed by atoms with Crippen LogP contribution in [-0.4, -0.2) is 79.3 Å². The Kier molecular flexibility index (Phi) is 9.99. The molecule has 7 nitrogen and oxygen atoms in total. The fourth-order valence-corrected chi connectivity index (χ4v) is 10.1. The predicted octanol–water partition coefficient (Wildman–Crippen LogP) is 5.11. The summed E-state index contributed by atoms with van der Waals surface area (Å²) in [4.78, 5) is 49.6. The first kappa shape index (κ1) is 32.8. The van der Waals surface area contributed by atoms with Crippen molar-refractivity contribution in [3.63, 3.8) is 0 Å². The second kappa shape index (κ2) is 14.3. The molecular formula is C39H43N3O4S. The summed E-state index contributed by atoms with van der Waals surface area (Å²) in [5.41, 5.74) is 2.95. The number of benzene rings is 3. The van der Waals surface area contributed by atoms with Crippen LogP contribution in [0.5, 0.6) is 0 Å². The van der Waals surface area contributed by atoms with Gasteiger partial charge in [0.2, 0.25) is 17.7 Å². The molecule has 1 N–H and O–H groups in total. The molecule has 3 amide bonds. The largest absolute Gasteiger partial charge is 0.394 e. The Bertz CT molecular complexity index is 1590. The van der Waals surface area contributed by atoms with Crippen LogP contribution in [0, 0.1) is 11.8 Å². The first-order valence-corrected chi connectivity index (χ1v) is 17.3. The third-order valence-electron chi connectivity index (χ3n) is 9.93. The van der Waals surface area contributed by atoms with Gasteiger partial charge in [-0.1, -0.05) is 103 Å². The van der Waals surface area contributed by atoms with E-state index >= 15 is 0 Å². The second-order valence-electron chi connectivity index (χ2n) is 12.8. The number of aliphatic hydroxyl groups is 1. The van der Waals surface area contributed by atoms with Gasteiger partial charge in [-0.3, -0.25) is 14.4 Å². The molecular weight excluding hydrogens is 607 g/mol. The summed E-state index contributed by atoms with van der Waals surface area (Å²) in [6, 6.07) is 28.0. The number of likely N-dealkylation sites (tertiary alicyclic amines) is 1. The molecule has 2 unspecified atom stereocenters. The molecule has 3 aliphatic heterocycles. The third kappa shape index (κ3) is 6.29. The molecule has 3 heterocycles. The second-order valence-corrected chi connectivity index (χ2v) is 14.4. The number of thioether (sulfide) groups is 1. The number of carbonyl (C=O) groups excluding carboxylic acids is 3. The highest BCUT2D eigenvalue weighted by Crippen LogP contribution is 2.67. The van der Waals surface area contributed by atoms with E-state index in [1.165, 1.54) is 0 Å². The molecule has 6 atom stereocenters. The normalized spacial score (nSPS) is 24.9. The predicted molar refractivity (Wildman–Crippen MR) is 186 cm³/mol. The van der Waals surface area contributed by atoms with Gasteiger partial charge in [0.15, 0.2) is 0 Å². The van der Waals surface area contributed by atoms with Crippen molar-refractivity contribution in [1.82, 2.24) is 14.7 Å². The molecule has 3 aliphatic rings. The monoisotopic (exact) mass is 649 g/mol. The smallest absolute Gasteiger partial charge is 0.247 e. The number of aliphatic hydroxyl groups excluding tert-OH is 1. The average molecular weight is 650 g/mol. The van der Waals surface area contributed by atoms with E-state index in [2.05, 4.69) is 13.2 Å². The molecule has 0 aliphatic carbocycles. The third-order valence-corrected chi connectivity index (χ3v) is 11.9. The van der Waals surface area contributed by atoms with Crippen molar-refractivity contribution in [2.24, 2.45) is 11.8 Å². The Balaban J connectivity index is 1.39. The minimum Gasteiger partial charge on any atom is -0.394 e. The number of nitrogens with zero attached hydrogens (tertiary/aromatic N) is 3. The van der Waals surface area contributed by atoms with E-state index in [1.807, 2.05) is 91.0 Å². The SMILES string of the molecule is C=CCN(Cc1ccccc1)C(=O)C1N([C@@H](CO)Cc2ccccc2)C(=O)[C@@H]2[C@H](C(=O)N(CC=C)Cc3ccccc3)[C@@H]3CCC12S3. The molecule has 8 heteroatoms. The van der Waals surface area contributed by atoms with Crippen LogP contribution in [0.15, 0.2) is 116 Å². The van der Waals surface area contributed by atoms with Crippen molar-refractivity contribution in [2.45, 2.75) is 54.4 Å². The zero-order chi connectivity index (χ0) is 33.0. The molecule has 47 heavy (non-hydrogen) atoms. The van der Waals surface area contributed by atoms with Gasteiger partial charge in [-0.15, -0.1) is 24.9 Å². The fraction of sp³-hybridized carbons (Fsp3) is 0.359. The van der Waals surface area contributed by atoms with Crippen molar-refractivity contribution in [1.29, 1.82) is 0 Å². The Morgan fingerprint density at radius 1 is 0.851 bits per heavy atom. The summed E-state index contributed by atoms with van der Waals surface area (Å²) in [6.07, 6.45) is 5.25. The maximum Gasteiger partial charge on any atom is 0.247 e. The van der Waals surface area contributed by atoms with Gasteiger partial charge < -0.3 is 19.8 Å². The van der Waals surface area contributed by atoms with Crippen molar-refractivity contribution in [3.8, 4) is 0 Å². The molecule has 0 saturated carbocycles. The highest BCUT2D eigenvalue weighted by atomic mass is 32.2. The van der Waals surface area contributed by atoms with Gasteiger partial charge in [0, 0.05) is 31.4 Å². The average Bonchev–Trinajstić information content (AvgIpc) is 3.75. The van der Waals surface area contributed by atoms with Gasteiger partial charge in [-0.25, -0.2) is 0 Å². The first-order chi connectivity index (χ1) is 22.9. The highest BCUT2D eigenvalue weighted by molar-refractivity contribution is 8.02. The van der Waals surface area contributed by atoms with E-state index in [0.29, 0.717) is 39.0 Å². The Labute approximate surface area is 281 Å². The molecule has 6 rings (SSSR count). The van der Waals surface area contributed by atoms with Crippen molar-refractivity contribution in [2.75, 3.05) is 19.7 Å². The summed E-state index contributed by atoms with van der Waals surface area (Å²) in [6.45, 7) is 9.01. The van der Waals surface area contributed by atoms with Gasteiger partial charge in [-0.05, 0) is 36.0 Å². The molecule has 244 valence electrons. The maximum atomic E-state index is 14.9. The standard InChI is InChI=1S/C39H43N3O4S/c1-3-22-40(25-29-16-10-6-11-17-29)36(44)33-32-20-21-39(47-32)34(33)37(45)42(31(27-43)24-28-14-8-5-9-15-28)35(39)38(46)41(23-4-2)26-30-18-12-7-13-19-30/h3-19,31-35,43H,1-2,20-27H2/t31-,32+,33-,34+,35?,39?/m1/s1. The van der Waals surface area contributed by atoms with Gasteiger partial charge >= 0.3 is 0 Å². The molecule has 3 aromatic carbocycles. The Morgan fingerprint density at radius 2 is 1.36 bits per heavy atom. The highest BCUT2D eigenvalue weighted by Gasteiger charge is 2.74. The van der Waals surface area contributed by atoms with Crippen LogP contribution >= 0.6 is 11.8 Å². The van der Waals surface area contributed by atoms with Crippen LogP contribution in [0.3, 0.4) is 0 Å². The number of fused-ring (bicyclic) bond motifs is 1. The van der Waals surface area contributed by atoms with Gasteiger partial charge in [0.05, 0.1) is 29.2 Å². The van der Waals surface area contributed by atoms with E-state index in [9.17, 15) is 19.5 Å². The number of carbonyl (C=O) groups is 3. The topological polar surface area (TPSA) is 81.2 Å². The molecule has 3 saturated heterocycles. The van der Waals surface area contributed by atoms with Crippen molar-refractivity contribution in [3.05, 3.63) is 133 Å². The van der Waals surface area contributed by atoms with Crippen molar-refractivity contribution >= 4 is 29.5 Å². The number of amides is 3. The summed E-state index contributed by atoms with van der Waals surface area (Å²) in [7, 11) is 0. The fourth-order valence-electron chi connectivity index (χ4n) is 7.95. The molecule has 3 fully saturated rings. The first-order valence-electron chi connectivity index (χ1n) is 16.4. The summed E-state index contributed by atoms with van der Waals surface area (Å²) < 4.78 is -0.772. The minimum absolute atomic E-state index is 0.0688. The van der Waals surface area contributed by atoms with Crippen LogP contribution in [0.2, 0.25) is 0 Å². The summed E-state index contributed by atoms with van der Waals surface area (Å²) >= 11 is 1.66. The minimum atomic E-state index is -0.820. The Hall–Kier alpha value is -4.14. The lowest BCUT2D eigenvalue weighted by atomic mass is 9.70. The molecule has 0 aromatic heterocycles. The zero-order valence-corrected chi connectivity index (χ0v) is 27.5. The lowest BCUT2D eigenvalue weighted by Gasteiger charge is -2.40.